The molecule has 0 aliphatic rings. The van der Waals surface area contributed by atoms with E-state index in [1.165, 1.54) is 25.0 Å². The van der Waals surface area contributed by atoms with Crippen LogP contribution in [-0.4, -0.2) is 16.5 Å². The molecule has 2 N–H and O–H groups in total. The highest BCUT2D eigenvalue weighted by atomic mass is 35.5. The Balaban J connectivity index is 1.55. The van der Waals surface area contributed by atoms with E-state index in [-0.39, 0.29) is 0 Å². The van der Waals surface area contributed by atoms with Crippen molar-refractivity contribution in [1.82, 2.24) is 9.97 Å². The lowest BCUT2D eigenvalue weighted by molar-refractivity contribution is 0.691. The average Bonchev–Trinajstić information content (AvgIpc) is 2.89. The molecule has 0 atom stereocenters. The topological polar surface area (TPSA) is 40.7 Å². The maximum absolute atomic E-state index is 5.83. The number of imidazole rings is 1. The van der Waals surface area contributed by atoms with E-state index in [4.69, 9.17) is 11.6 Å². The van der Waals surface area contributed by atoms with Crippen molar-refractivity contribution in [2.45, 2.75) is 25.7 Å². The second-order valence-electron chi connectivity index (χ2n) is 4.32. The first-order chi connectivity index (χ1) is 8.84. The highest BCUT2D eigenvalue weighted by Crippen LogP contribution is 2.13. The van der Waals surface area contributed by atoms with Gasteiger partial charge in [-0.2, -0.15) is 0 Å². The van der Waals surface area contributed by atoms with Crippen molar-refractivity contribution in [3.63, 3.8) is 0 Å². The number of hydrogen-bond donors (Lipinski definition) is 2. The Morgan fingerprint density at radius 2 is 1.94 bits per heavy atom. The van der Waals surface area contributed by atoms with E-state index < -0.39 is 0 Å². The number of nitrogens with one attached hydrogen (secondary N) is 2. The first kappa shape index (κ1) is 13.0. The fourth-order valence-electron chi connectivity index (χ4n) is 1.84. The number of rotatable bonds is 7. The summed E-state index contributed by atoms with van der Waals surface area (Å²) in [4.78, 5) is 7.13. The van der Waals surface area contributed by atoms with Crippen molar-refractivity contribution >= 4 is 17.3 Å². The van der Waals surface area contributed by atoms with Gasteiger partial charge in [-0.1, -0.05) is 18.0 Å². The lowest BCUT2D eigenvalue weighted by atomic mass is 10.1. The zero-order chi connectivity index (χ0) is 12.6. The second kappa shape index (κ2) is 7.07. The fraction of sp³-hybridized carbons (Fsp3) is 0.357. The molecule has 0 fully saturated rings. The van der Waals surface area contributed by atoms with Crippen molar-refractivity contribution in [1.29, 1.82) is 0 Å². The number of aryl methyl sites for hydroxylation is 1. The lowest BCUT2D eigenvalue weighted by Crippen LogP contribution is -2.01. The van der Waals surface area contributed by atoms with Crippen molar-refractivity contribution in [2.75, 3.05) is 11.9 Å². The summed E-state index contributed by atoms with van der Waals surface area (Å²) >= 11 is 5.83. The molecule has 0 saturated heterocycles. The molecule has 4 heteroatoms. The molecule has 2 rings (SSSR count). The van der Waals surface area contributed by atoms with E-state index in [9.17, 15) is 0 Å². The van der Waals surface area contributed by atoms with Gasteiger partial charge in [0.2, 0.25) is 0 Å². The average molecular weight is 264 g/mol. The van der Waals surface area contributed by atoms with Crippen LogP contribution < -0.4 is 5.32 Å². The van der Waals surface area contributed by atoms with Gasteiger partial charge in [-0.25, -0.2) is 4.98 Å². The number of aromatic amines is 1. The fourth-order valence-corrected chi connectivity index (χ4v) is 1.97. The van der Waals surface area contributed by atoms with Crippen LogP contribution in [0.2, 0.25) is 5.02 Å². The number of aromatic nitrogens is 2. The van der Waals surface area contributed by atoms with Gasteiger partial charge in [0, 0.05) is 29.1 Å². The summed E-state index contributed by atoms with van der Waals surface area (Å²) in [5.74, 6) is 0. The minimum atomic E-state index is 0.778. The Labute approximate surface area is 113 Å². The van der Waals surface area contributed by atoms with Gasteiger partial charge >= 0.3 is 0 Å². The quantitative estimate of drug-likeness (QED) is 0.744. The van der Waals surface area contributed by atoms with Crippen LogP contribution in [0.5, 0.6) is 0 Å². The minimum absolute atomic E-state index is 0.778. The third-order valence-electron chi connectivity index (χ3n) is 2.85. The molecule has 0 radical (unpaired) electrons. The molecule has 18 heavy (non-hydrogen) atoms. The summed E-state index contributed by atoms with van der Waals surface area (Å²) < 4.78 is 0. The zero-order valence-corrected chi connectivity index (χ0v) is 11.1. The molecular formula is C14H18ClN3. The van der Waals surface area contributed by atoms with Crippen LogP contribution in [0.15, 0.2) is 36.8 Å². The van der Waals surface area contributed by atoms with Crippen molar-refractivity contribution < 1.29 is 0 Å². The van der Waals surface area contributed by atoms with Crippen LogP contribution in [0.25, 0.3) is 0 Å². The molecule has 0 saturated carbocycles. The van der Waals surface area contributed by atoms with Crippen LogP contribution in [0.3, 0.4) is 0 Å². The first-order valence-corrected chi connectivity index (χ1v) is 6.69. The molecule has 1 aromatic heterocycles. The Morgan fingerprint density at radius 1 is 1.11 bits per heavy atom. The lowest BCUT2D eigenvalue weighted by Gasteiger charge is -2.06. The number of unbranched alkanes of at least 4 members (excludes halogenated alkanes) is 2. The molecule has 0 bridgehead atoms. The smallest absolute Gasteiger partial charge is 0.0921 e. The number of nitrogens with zero attached hydrogens (tertiary/aromatic N) is 1. The maximum atomic E-state index is 5.83. The largest absolute Gasteiger partial charge is 0.385 e. The molecule has 0 aliphatic carbocycles. The normalized spacial score (nSPS) is 10.5. The molecule has 0 spiro atoms. The summed E-state index contributed by atoms with van der Waals surface area (Å²) in [5.41, 5.74) is 2.36. The van der Waals surface area contributed by atoms with Crippen molar-refractivity contribution in [3.05, 3.63) is 47.5 Å². The molecule has 96 valence electrons. The Bertz CT molecular complexity index is 437. The Morgan fingerprint density at radius 3 is 2.67 bits per heavy atom. The van der Waals surface area contributed by atoms with Crippen molar-refractivity contribution in [2.24, 2.45) is 0 Å². The van der Waals surface area contributed by atoms with Crippen LogP contribution in [0.4, 0.5) is 5.69 Å². The predicted octanol–water partition coefficient (Wildman–Crippen LogP) is 3.89. The van der Waals surface area contributed by atoms with E-state index in [0.29, 0.717) is 0 Å². The molecule has 0 aliphatic heterocycles. The van der Waals surface area contributed by atoms with Crippen LogP contribution in [-0.2, 0) is 6.42 Å². The van der Waals surface area contributed by atoms with Gasteiger partial charge < -0.3 is 10.3 Å². The second-order valence-corrected chi connectivity index (χ2v) is 4.76. The van der Waals surface area contributed by atoms with Gasteiger partial charge in [0.25, 0.3) is 0 Å². The van der Waals surface area contributed by atoms with E-state index in [1.807, 2.05) is 30.5 Å². The molecule has 1 aromatic carbocycles. The maximum Gasteiger partial charge on any atom is 0.0921 e. The number of H-pyrrole nitrogens is 1. The van der Waals surface area contributed by atoms with Gasteiger partial charge in [-0.15, -0.1) is 0 Å². The van der Waals surface area contributed by atoms with Crippen LogP contribution >= 0.6 is 11.6 Å². The van der Waals surface area contributed by atoms with E-state index in [2.05, 4.69) is 15.3 Å². The van der Waals surface area contributed by atoms with E-state index >= 15 is 0 Å². The molecular weight excluding hydrogens is 246 g/mol. The number of hydrogen-bond acceptors (Lipinski definition) is 2. The third kappa shape index (κ3) is 4.41. The van der Waals surface area contributed by atoms with Crippen LogP contribution in [0, 0.1) is 0 Å². The molecule has 3 nitrogen and oxygen atoms in total. The van der Waals surface area contributed by atoms with Gasteiger partial charge in [-0.05, 0) is 43.5 Å². The highest BCUT2D eigenvalue weighted by Gasteiger charge is 1.95. The summed E-state index contributed by atoms with van der Waals surface area (Å²) in [5, 5.41) is 4.16. The summed E-state index contributed by atoms with van der Waals surface area (Å²) in [6.45, 7) is 1.00. The van der Waals surface area contributed by atoms with E-state index in [1.54, 1.807) is 6.33 Å². The molecule has 1 heterocycles. The highest BCUT2D eigenvalue weighted by molar-refractivity contribution is 6.30. The van der Waals surface area contributed by atoms with E-state index in [0.717, 1.165) is 23.7 Å². The van der Waals surface area contributed by atoms with Gasteiger partial charge in [0.15, 0.2) is 0 Å². The zero-order valence-electron chi connectivity index (χ0n) is 10.3. The van der Waals surface area contributed by atoms with Crippen LogP contribution in [0.1, 0.15) is 25.0 Å². The summed E-state index contributed by atoms with van der Waals surface area (Å²) in [6.07, 6.45) is 8.31. The standard InChI is InChI=1S/C14H18ClN3/c15-12-5-7-13(8-6-12)17-9-3-1-2-4-14-10-16-11-18-14/h5-8,10-11,17H,1-4,9H2,(H,16,18). The number of anilines is 1. The molecule has 2 aromatic rings. The van der Waals surface area contributed by atoms with Crippen molar-refractivity contribution in [3.8, 4) is 0 Å². The minimum Gasteiger partial charge on any atom is -0.385 e. The molecule has 0 unspecified atom stereocenters. The SMILES string of the molecule is Clc1ccc(NCCCCCc2cnc[nH]2)cc1. The number of halogens is 1. The van der Waals surface area contributed by atoms with Gasteiger partial charge in [0.1, 0.15) is 0 Å². The Hall–Kier alpha value is -1.48. The van der Waals surface area contributed by atoms with Gasteiger partial charge in [-0.3, -0.25) is 0 Å². The Kier molecular flexibility index (Phi) is 5.09. The predicted molar refractivity (Wildman–Crippen MR) is 76.1 cm³/mol. The first-order valence-electron chi connectivity index (χ1n) is 6.31. The summed E-state index contributed by atoms with van der Waals surface area (Å²) in [6, 6.07) is 7.82. The summed E-state index contributed by atoms with van der Waals surface area (Å²) in [7, 11) is 0. The molecule has 0 amide bonds. The monoisotopic (exact) mass is 263 g/mol. The van der Waals surface area contributed by atoms with Gasteiger partial charge in [0.05, 0.1) is 6.33 Å². The number of benzene rings is 1. The third-order valence-corrected chi connectivity index (χ3v) is 3.10.